The average Bonchev–Trinajstić information content (AvgIpc) is 3.40. The van der Waals surface area contributed by atoms with E-state index in [1.165, 1.54) is 0 Å². The normalized spacial score (nSPS) is 26.1. The van der Waals surface area contributed by atoms with Crippen LogP contribution in [0.25, 0.3) is 0 Å². The van der Waals surface area contributed by atoms with Crippen molar-refractivity contribution in [3.05, 3.63) is 34.9 Å². The SMILES string of the molecule is O=C(C1CC(=O)N2CC(OCc3cc(C(F)(F)F)cc(C(F)(F)F)c3)CC2C1)N1CCCC1. The lowest BCUT2D eigenvalue weighted by Gasteiger charge is -2.35. The molecule has 3 heterocycles. The van der Waals surface area contributed by atoms with Crippen LogP contribution in [0.4, 0.5) is 26.3 Å². The Morgan fingerprint density at radius 2 is 1.58 bits per heavy atom. The number of hydrogen-bond donors (Lipinski definition) is 0. The first kappa shape index (κ1) is 23.8. The molecule has 0 aliphatic carbocycles. The van der Waals surface area contributed by atoms with Crippen molar-refractivity contribution in [2.24, 2.45) is 5.92 Å². The van der Waals surface area contributed by atoms with Gasteiger partial charge in [-0.05, 0) is 49.4 Å². The summed E-state index contributed by atoms with van der Waals surface area (Å²) in [5.74, 6) is -0.588. The largest absolute Gasteiger partial charge is 0.416 e. The average molecular weight is 478 g/mol. The third kappa shape index (κ3) is 5.28. The van der Waals surface area contributed by atoms with Crippen molar-refractivity contribution in [2.75, 3.05) is 19.6 Å². The molecule has 0 radical (unpaired) electrons. The zero-order valence-electron chi connectivity index (χ0n) is 17.7. The molecular formula is C22H24F6N2O3. The van der Waals surface area contributed by atoms with Crippen LogP contribution in [0.15, 0.2) is 18.2 Å². The van der Waals surface area contributed by atoms with Crippen molar-refractivity contribution in [1.82, 2.24) is 9.80 Å². The van der Waals surface area contributed by atoms with E-state index in [4.69, 9.17) is 4.74 Å². The fourth-order valence-electron chi connectivity index (χ4n) is 4.96. The molecule has 2 amide bonds. The number of fused-ring (bicyclic) bond motifs is 1. The molecule has 3 atom stereocenters. The van der Waals surface area contributed by atoms with E-state index in [9.17, 15) is 35.9 Å². The number of halogens is 6. The molecule has 33 heavy (non-hydrogen) atoms. The second kappa shape index (κ2) is 8.81. The summed E-state index contributed by atoms with van der Waals surface area (Å²) in [6.07, 6.45) is -7.48. The van der Waals surface area contributed by atoms with E-state index in [0.717, 1.165) is 12.8 Å². The van der Waals surface area contributed by atoms with E-state index in [-0.39, 0.29) is 42.5 Å². The highest BCUT2D eigenvalue weighted by molar-refractivity contribution is 5.87. The minimum atomic E-state index is -4.92. The summed E-state index contributed by atoms with van der Waals surface area (Å²) in [7, 11) is 0. The summed E-state index contributed by atoms with van der Waals surface area (Å²) < 4.78 is 83.9. The predicted octanol–water partition coefficient (Wildman–Crippen LogP) is 4.24. The Kier molecular flexibility index (Phi) is 6.36. The monoisotopic (exact) mass is 478 g/mol. The van der Waals surface area contributed by atoms with Crippen LogP contribution >= 0.6 is 0 Å². The van der Waals surface area contributed by atoms with Crippen LogP contribution in [0.1, 0.15) is 48.8 Å². The van der Waals surface area contributed by atoms with Crippen molar-refractivity contribution in [3.8, 4) is 0 Å². The maximum Gasteiger partial charge on any atom is 0.416 e. The molecule has 1 aromatic rings. The lowest BCUT2D eigenvalue weighted by molar-refractivity contribution is -0.146. The molecule has 0 saturated carbocycles. The van der Waals surface area contributed by atoms with Gasteiger partial charge in [-0.1, -0.05) is 0 Å². The first-order chi connectivity index (χ1) is 15.4. The lowest BCUT2D eigenvalue weighted by atomic mass is 9.89. The molecule has 3 fully saturated rings. The molecule has 0 aromatic heterocycles. The fourth-order valence-corrected chi connectivity index (χ4v) is 4.96. The minimum Gasteiger partial charge on any atom is -0.372 e. The molecule has 3 unspecified atom stereocenters. The number of hydrogen-bond acceptors (Lipinski definition) is 3. The van der Waals surface area contributed by atoms with Crippen LogP contribution in [0.2, 0.25) is 0 Å². The highest BCUT2D eigenvalue weighted by atomic mass is 19.4. The molecule has 3 aliphatic rings. The summed E-state index contributed by atoms with van der Waals surface area (Å²) in [5.41, 5.74) is -3.02. The molecule has 0 N–H and O–H groups in total. The minimum absolute atomic E-state index is 0.0199. The number of benzene rings is 1. The van der Waals surface area contributed by atoms with Gasteiger partial charge in [-0.25, -0.2) is 0 Å². The van der Waals surface area contributed by atoms with Crippen LogP contribution in [-0.2, 0) is 33.3 Å². The second-order valence-corrected chi connectivity index (χ2v) is 8.95. The van der Waals surface area contributed by atoms with Crippen molar-refractivity contribution in [2.45, 2.75) is 63.2 Å². The number of carbonyl (C=O) groups excluding carboxylic acids is 2. The Labute approximate surface area is 186 Å². The number of carbonyl (C=O) groups is 2. The van der Waals surface area contributed by atoms with Crippen molar-refractivity contribution >= 4 is 11.8 Å². The smallest absolute Gasteiger partial charge is 0.372 e. The van der Waals surface area contributed by atoms with Gasteiger partial charge < -0.3 is 14.5 Å². The molecule has 3 aliphatic heterocycles. The van der Waals surface area contributed by atoms with Crippen molar-refractivity contribution < 1.29 is 40.7 Å². The molecule has 4 rings (SSSR count). The summed E-state index contributed by atoms with van der Waals surface area (Å²) in [6.45, 7) is 1.16. The maximum atomic E-state index is 13.1. The van der Waals surface area contributed by atoms with Crippen LogP contribution in [0.3, 0.4) is 0 Å². The lowest BCUT2D eigenvalue weighted by Crippen LogP contribution is -2.47. The molecule has 1 aromatic carbocycles. The Hall–Kier alpha value is -2.30. The van der Waals surface area contributed by atoms with Gasteiger partial charge in [0.05, 0.1) is 23.8 Å². The quantitative estimate of drug-likeness (QED) is 0.609. The van der Waals surface area contributed by atoms with Gasteiger partial charge in [0.25, 0.3) is 0 Å². The van der Waals surface area contributed by atoms with Crippen LogP contribution in [0.5, 0.6) is 0 Å². The number of amides is 2. The Morgan fingerprint density at radius 3 is 2.15 bits per heavy atom. The zero-order valence-corrected chi connectivity index (χ0v) is 17.7. The third-order valence-electron chi connectivity index (χ3n) is 6.57. The van der Waals surface area contributed by atoms with Gasteiger partial charge in [-0.3, -0.25) is 9.59 Å². The molecule has 5 nitrogen and oxygen atoms in total. The number of alkyl halides is 6. The number of likely N-dealkylation sites (tertiary alicyclic amines) is 1. The Morgan fingerprint density at radius 1 is 0.970 bits per heavy atom. The van der Waals surface area contributed by atoms with Crippen molar-refractivity contribution in [1.29, 1.82) is 0 Å². The van der Waals surface area contributed by atoms with E-state index in [1.54, 1.807) is 9.80 Å². The van der Waals surface area contributed by atoms with E-state index in [0.29, 0.717) is 38.1 Å². The first-order valence-electron chi connectivity index (χ1n) is 10.9. The van der Waals surface area contributed by atoms with Crippen LogP contribution < -0.4 is 0 Å². The molecule has 0 bridgehead atoms. The summed E-state index contributed by atoms with van der Waals surface area (Å²) in [4.78, 5) is 28.7. The Bertz CT molecular complexity index is 878. The zero-order chi connectivity index (χ0) is 24.0. The van der Waals surface area contributed by atoms with E-state index in [1.807, 2.05) is 0 Å². The molecule has 0 spiro atoms. The number of ether oxygens (including phenoxy) is 1. The van der Waals surface area contributed by atoms with Crippen LogP contribution in [-0.4, -0.2) is 53.4 Å². The topological polar surface area (TPSA) is 49.9 Å². The van der Waals surface area contributed by atoms with Gasteiger partial charge in [0.15, 0.2) is 0 Å². The standard InChI is InChI=1S/C22H24F6N2O3/c23-21(24,25)15-5-13(6-16(9-15)22(26,27)28)12-33-18-10-17-7-14(8-19(31)30(17)11-18)20(32)29-3-1-2-4-29/h5-6,9,14,17-18H,1-4,7-8,10-12H2. The Balaban J connectivity index is 1.40. The summed E-state index contributed by atoms with van der Waals surface area (Å²) >= 11 is 0. The van der Waals surface area contributed by atoms with E-state index in [2.05, 4.69) is 0 Å². The van der Waals surface area contributed by atoms with E-state index >= 15 is 0 Å². The van der Waals surface area contributed by atoms with Gasteiger partial charge >= 0.3 is 12.4 Å². The summed E-state index contributed by atoms with van der Waals surface area (Å²) in [5, 5.41) is 0. The predicted molar refractivity (Wildman–Crippen MR) is 104 cm³/mol. The van der Waals surface area contributed by atoms with Gasteiger partial charge in [0.2, 0.25) is 11.8 Å². The van der Waals surface area contributed by atoms with Crippen LogP contribution in [0, 0.1) is 5.92 Å². The molecular weight excluding hydrogens is 454 g/mol. The van der Waals surface area contributed by atoms with Gasteiger partial charge in [0.1, 0.15) is 0 Å². The molecule has 182 valence electrons. The highest BCUT2D eigenvalue weighted by Crippen LogP contribution is 2.37. The molecule has 3 saturated heterocycles. The van der Waals surface area contributed by atoms with Gasteiger partial charge in [0, 0.05) is 38.0 Å². The highest BCUT2D eigenvalue weighted by Gasteiger charge is 2.44. The number of piperidine rings is 1. The van der Waals surface area contributed by atoms with Crippen molar-refractivity contribution in [3.63, 3.8) is 0 Å². The number of nitrogens with zero attached hydrogens (tertiary/aromatic N) is 2. The number of rotatable bonds is 4. The van der Waals surface area contributed by atoms with Gasteiger partial charge in [-0.15, -0.1) is 0 Å². The first-order valence-corrected chi connectivity index (χ1v) is 10.9. The van der Waals surface area contributed by atoms with E-state index < -0.39 is 42.1 Å². The summed E-state index contributed by atoms with van der Waals surface area (Å²) in [6, 6.07) is 1.15. The second-order valence-electron chi connectivity index (χ2n) is 8.95. The molecule has 11 heteroatoms. The third-order valence-corrected chi connectivity index (χ3v) is 6.57. The van der Waals surface area contributed by atoms with Gasteiger partial charge in [-0.2, -0.15) is 26.3 Å². The fraction of sp³-hybridized carbons (Fsp3) is 0.636. The maximum absolute atomic E-state index is 13.1.